The van der Waals surface area contributed by atoms with Crippen molar-refractivity contribution in [3.63, 3.8) is 0 Å². The first-order chi connectivity index (χ1) is 42.9. The van der Waals surface area contributed by atoms with Crippen LogP contribution in [0.2, 0.25) is 0 Å². The highest BCUT2D eigenvalue weighted by Gasteiger charge is 2.47. The maximum absolute atomic E-state index is 15.0. The number of carboxylic acid groups (broad SMARTS) is 2. The molecule has 0 spiro atoms. The molecule has 0 unspecified atom stereocenters. The quantitative estimate of drug-likeness (QED) is 0.0883. The standard InChI is InChI=1S/2C39H45NO3.C4H8O2/c2*1-36(2,3)26-14-20-29(21-15-26)39(30-22-16-27(17-23-30)37(4,5)6,31-24-18-28(19-25-31)38(7,8)9)35(43)40-33-13-11-10-12-32(33)34(41)42;1-2-6-4-3-5-1/h2*10-25H,1-9H3,(H,40,43)(H,41,42);1-4H2. The molecule has 8 aromatic carbocycles. The van der Waals surface area contributed by atoms with E-state index in [1.54, 1.807) is 36.4 Å². The van der Waals surface area contributed by atoms with Crippen molar-refractivity contribution < 1.29 is 38.9 Å². The Labute approximate surface area is 548 Å². The third-order valence-corrected chi connectivity index (χ3v) is 17.3. The zero-order valence-corrected chi connectivity index (χ0v) is 57.6. The second kappa shape index (κ2) is 28.2. The number of amides is 2. The molecule has 0 atom stereocenters. The number of carbonyl (C=O) groups is 4. The number of anilines is 2. The van der Waals surface area contributed by atoms with E-state index in [1.807, 2.05) is 72.8 Å². The lowest BCUT2D eigenvalue weighted by Gasteiger charge is -2.36. The molecule has 1 saturated heterocycles. The molecule has 1 heterocycles. The molecule has 9 rings (SSSR count). The summed E-state index contributed by atoms with van der Waals surface area (Å²) in [4.78, 5) is 54.1. The number of benzene rings is 8. The Morgan fingerprint density at radius 3 is 0.587 bits per heavy atom. The van der Waals surface area contributed by atoms with Crippen LogP contribution in [0.3, 0.4) is 0 Å². The van der Waals surface area contributed by atoms with E-state index < -0.39 is 22.8 Å². The van der Waals surface area contributed by atoms with E-state index in [2.05, 4.69) is 208 Å². The van der Waals surface area contributed by atoms with Crippen LogP contribution >= 0.6 is 0 Å². The molecule has 0 bridgehead atoms. The largest absolute Gasteiger partial charge is 0.478 e. The minimum atomic E-state index is -1.27. The van der Waals surface area contributed by atoms with Crippen LogP contribution in [-0.2, 0) is 62.4 Å². The van der Waals surface area contributed by atoms with Crippen molar-refractivity contribution in [2.24, 2.45) is 0 Å². The maximum Gasteiger partial charge on any atom is 0.337 e. The van der Waals surface area contributed by atoms with Crippen molar-refractivity contribution in [3.8, 4) is 0 Å². The molecule has 1 fully saturated rings. The van der Waals surface area contributed by atoms with Crippen molar-refractivity contribution in [2.75, 3.05) is 37.1 Å². The number of ether oxygens (including phenoxy) is 2. The summed E-state index contributed by atoms with van der Waals surface area (Å²) in [6, 6.07) is 62.7. The summed E-state index contributed by atoms with van der Waals surface area (Å²) in [6.07, 6.45) is 0. The van der Waals surface area contributed by atoms with Crippen molar-refractivity contribution in [2.45, 2.75) is 168 Å². The molecule has 2 amide bonds. The number of nitrogens with one attached hydrogen (secondary N) is 2. The van der Waals surface area contributed by atoms with Gasteiger partial charge in [0.25, 0.3) is 0 Å². The summed E-state index contributed by atoms with van der Waals surface area (Å²) in [5.74, 6) is -2.84. The fraction of sp³-hybridized carbons (Fsp3) is 0.366. The van der Waals surface area contributed by atoms with Crippen LogP contribution in [-0.4, -0.2) is 60.4 Å². The number of carbonyl (C=O) groups excluding carboxylic acids is 2. The SMILES string of the molecule is C1COCCO1.CC(C)(C)c1ccc(C(C(=O)Nc2ccccc2C(=O)O)(c2ccc(C(C)(C)C)cc2)c2ccc(C(C)(C)C)cc2)cc1.CC(C)(C)c1ccc(C(C(=O)Nc2ccccc2C(=O)O)(c2ccc(C(C)(C)C)cc2)c2ccc(C(C)(C)C)cc2)cc1. The summed E-state index contributed by atoms with van der Waals surface area (Å²) in [5, 5.41) is 25.9. The van der Waals surface area contributed by atoms with Crippen LogP contribution in [0, 0.1) is 0 Å². The van der Waals surface area contributed by atoms with Crippen LogP contribution in [0.15, 0.2) is 194 Å². The highest BCUT2D eigenvalue weighted by atomic mass is 16.6. The maximum atomic E-state index is 15.0. The molecule has 92 heavy (non-hydrogen) atoms. The van der Waals surface area contributed by atoms with E-state index in [0.717, 1.165) is 93.2 Å². The third-order valence-electron chi connectivity index (χ3n) is 17.3. The summed E-state index contributed by atoms with van der Waals surface area (Å²) in [7, 11) is 0. The average Bonchev–Trinajstić information content (AvgIpc) is 0.750. The number of rotatable bonds is 12. The number of hydrogen-bond acceptors (Lipinski definition) is 6. The Hall–Kier alpha value is -8.44. The van der Waals surface area contributed by atoms with E-state index in [1.165, 1.54) is 12.1 Å². The second-order valence-electron chi connectivity index (χ2n) is 30.3. The summed E-state index contributed by atoms with van der Waals surface area (Å²) in [6.45, 7) is 42.1. The molecule has 10 nitrogen and oxygen atoms in total. The zero-order valence-electron chi connectivity index (χ0n) is 57.6. The van der Waals surface area contributed by atoms with Gasteiger partial charge in [0.2, 0.25) is 11.8 Å². The average molecular weight is 1240 g/mol. The zero-order chi connectivity index (χ0) is 67.8. The van der Waals surface area contributed by atoms with E-state index in [0.29, 0.717) is 0 Å². The Kier molecular flexibility index (Phi) is 21.8. The molecule has 1 aliphatic rings. The highest BCUT2D eigenvalue weighted by Crippen LogP contribution is 2.45. The molecule has 0 radical (unpaired) electrons. The van der Waals surface area contributed by atoms with Gasteiger partial charge in [0.05, 0.1) is 48.9 Å². The predicted octanol–water partition coefficient (Wildman–Crippen LogP) is 18.5. The first-order valence-electron chi connectivity index (χ1n) is 32.0. The molecule has 0 aliphatic carbocycles. The van der Waals surface area contributed by atoms with Crippen LogP contribution in [0.5, 0.6) is 0 Å². The number of carboxylic acids is 2. The summed E-state index contributed by atoms with van der Waals surface area (Å²) < 4.78 is 9.89. The number of aromatic carboxylic acids is 2. The topological polar surface area (TPSA) is 151 Å². The van der Waals surface area contributed by atoms with Crippen LogP contribution in [0.25, 0.3) is 0 Å². The normalized spacial score (nSPS) is 13.3. The molecule has 1 aliphatic heterocycles. The lowest BCUT2D eigenvalue weighted by Crippen LogP contribution is -2.43. The van der Waals surface area contributed by atoms with E-state index in [9.17, 15) is 29.4 Å². The Balaban J connectivity index is 0.000000239. The first kappa shape index (κ1) is 71.0. The van der Waals surface area contributed by atoms with Gasteiger partial charge in [-0.2, -0.15) is 0 Å². The van der Waals surface area contributed by atoms with Crippen molar-refractivity contribution in [1.29, 1.82) is 0 Å². The number of hydrogen-bond donors (Lipinski definition) is 4. The van der Waals surface area contributed by atoms with Crippen LogP contribution in [0.4, 0.5) is 11.4 Å². The van der Waals surface area contributed by atoms with Gasteiger partial charge >= 0.3 is 11.9 Å². The molecular formula is C82H98N2O8. The van der Waals surface area contributed by atoms with Gasteiger partial charge in [-0.25, -0.2) is 9.59 Å². The lowest BCUT2D eigenvalue weighted by atomic mass is 9.67. The summed E-state index contributed by atoms with van der Waals surface area (Å²) >= 11 is 0. The van der Waals surface area contributed by atoms with Crippen LogP contribution in [0.1, 0.15) is 212 Å². The monoisotopic (exact) mass is 1240 g/mol. The van der Waals surface area contributed by atoms with E-state index in [4.69, 9.17) is 9.47 Å². The van der Waals surface area contributed by atoms with Gasteiger partial charge in [-0.1, -0.05) is 294 Å². The third kappa shape index (κ3) is 16.4. The van der Waals surface area contributed by atoms with Crippen molar-refractivity contribution in [3.05, 3.63) is 272 Å². The fourth-order valence-corrected chi connectivity index (χ4v) is 11.5. The Bertz CT molecular complexity index is 3260. The van der Waals surface area contributed by atoms with Gasteiger partial charge < -0.3 is 30.3 Å². The van der Waals surface area contributed by atoms with Gasteiger partial charge in [0.15, 0.2) is 0 Å². The Morgan fingerprint density at radius 2 is 0.435 bits per heavy atom. The van der Waals surface area contributed by atoms with E-state index >= 15 is 0 Å². The van der Waals surface area contributed by atoms with Gasteiger partial charge in [-0.15, -0.1) is 0 Å². The number of para-hydroxylation sites is 2. The van der Waals surface area contributed by atoms with Gasteiger partial charge in [-0.05, 0) is 124 Å². The minimum absolute atomic E-state index is 0.0407. The van der Waals surface area contributed by atoms with E-state index in [-0.39, 0.29) is 66.8 Å². The predicted molar refractivity (Wildman–Crippen MR) is 376 cm³/mol. The molecular weight excluding hydrogens is 1140 g/mol. The second-order valence-corrected chi connectivity index (χ2v) is 30.3. The van der Waals surface area contributed by atoms with Crippen LogP contribution < -0.4 is 10.6 Å². The Morgan fingerprint density at radius 1 is 0.272 bits per heavy atom. The molecule has 0 saturated carbocycles. The van der Waals surface area contributed by atoms with Crippen molar-refractivity contribution >= 4 is 35.1 Å². The molecule has 8 aromatic rings. The fourth-order valence-electron chi connectivity index (χ4n) is 11.5. The summed E-state index contributed by atoms with van der Waals surface area (Å²) in [5.41, 5.74) is 9.46. The molecule has 484 valence electrons. The highest BCUT2D eigenvalue weighted by molar-refractivity contribution is 6.09. The molecule has 10 heteroatoms. The smallest absolute Gasteiger partial charge is 0.337 e. The van der Waals surface area contributed by atoms with Crippen molar-refractivity contribution in [1.82, 2.24) is 0 Å². The molecule has 0 aromatic heterocycles. The van der Waals surface area contributed by atoms with Gasteiger partial charge in [0, 0.05) is 0 Å². The first-order valence-corrected chi connectivity index (χ1v) is 32.0. The lowest BCUT2D eigenvalue weighted by molar-refractivity contribution is -0.119. The minimum Gasteiger partial charge on any atom is -0.478 e. The van der Waals surface area contributed by atoms with Gasteiger partial charge in [-0.3, -0.25) is 9.59 Å². The molecule has 4 N–H and O–H groups in total. The van der Waals surface area contributed by atoms with Gasteiger partial charge in [0.1, 0.15) is 10.8 Å².